The van der Waals surface area contributed by atoms with Gasteiger partial charge in [0.05, 0.1) is 12.2 Å². The fourth-order valence-corrected chi connectivity index (χ4v) is 2.18. The maximum absolute atomic E-state index is 10.8. The van der Waals surface area contributed by atoms with Crippen LogP contribution < -0.4 is 0 Å². The summed E-state index contributed by atoms with van der Waals surface area (Å²) in [7, 11) is 0. The molecule has 5 heteroatoms. The number of carboxylic acids is 1. The van der Waals surface area contributed by atoms with E-state index in [1.54, 1.807) is 0 Å². The molecule has 19 heavy (non-hydrogen) atoms. The van der Waals surface area contributed by atoms with Gasteiger partial charge in [0.25, 0.3) is 0 Å². The van der Waals surface area contributed by atoms with Crippen molar-refractivity contribution in [3.05, 3.63) is 35.8 Å². The van der Waals surface area contributed by atoms with Crippen LogP contribution in [0, 0.1) is 6.92 Å². The summed E-state index contributed by atoms with van der Waals surface area (Å²) in [5.41, 5.74) is 2.97. The molecule has 0 saturated heterocycles. The van der Waals surface area contributed by atoms with Crippen molar-refractivity contribution >= 4 is 11.6 Å². The van der Waals surface area contributed by atoms with Crippen LogP contribution in [-0.2, 0) is 11.3 Å². The smallest absolute Gasteiger partial charge is 0.317 e. The average molecular weight is 261 g/mol. The molecule has 2 aromatic heterocycles. The van der Waals surface area contributed by atoms with Gasteiger partial charge in [-0.1, -0.05) is 13.0 Å². The SMILES string of the molecule is CCCN(CC(=O)O)Cc1cn2cc(C)ccc2n1. The number of carboxylic acid groups (broad SMARTS) is 1. The van der Waals surface area contributed by atoms with Crippen LogP contribution in [0.2, 0.25) is 0 Å². The topological polar surface area (TPSA) is 57.8 Å². The van der Waals surface area contributed by atoms with Crippen molar-refractivity contribution in [2.75, 3.05) is 13.1 Å². The van der Waals surface area contributed by atoms with Crippen molar-refractivity contribution in [1.29, 1.82) is 0 Å². The molecule has 5 nitrogen and oxygen atoms in total. The van der Waals surface area contributed by atoms with Gasteiger partial charge in [-0.15, -0.1) is 0 Å². The summed E-state index contributed by atoms with van der Waals surface area (Å²) in [4.78, 5) is 17.2. The van der Waals surface area contributed by atoms with Gasteiger partial charge in [0, 0.05) is 18.9 Å². The normalized spacial score (nSPS) is 11.3. The van der Waals surface area contributed by atoms with Crippen molar-refractivity contribution in [2.24, 2.45) is 0 Å². The molecule has 0 bridgehead atoms. The summed E-state index contributed by atoms with van der Waals surface area (Å²) in [6.45, 7) is 5.47. The first-order chi connectivity index (χ1) is 9.08. The van der Waals surface area contributed by atoms with Gasteiger partial charge < -0.3 is 9.51 Å². The Balaban J connectivity index is 2.16. The third-order valence-corrected chi connectivity index (χ3v) is 2.93. The second-order valence-corrected chi connectivity index (χ2v) is 4.81. The molecule has 1 N–H and O–H groups in total. The summed E-state index contributed by atoms with van der Waals surface area (Å²) in [6.07, 6.45) is 4.92. The molecule has 0 spiro atoms. The summed E-state index contributed by atoms with van der Waals surface area (Å²) in [5.74, 6) is -0.798. The minimum Gasteiger partial charge on any atom is -0.480 e. The highest BCUT2D eigenvalue weighted by atomic mass is 16.4. The highest BCUT2D eigenvalue weighted by molar-refractivity contribution is 5.69. The van der Waals surface area contributed by atoms with Gasteiger partial charge in [-0.05, 0) is 31.5 Å². The third kappa shape index (κ3) is 3.54. The third-order valence-electron chi connectivity index (χ3n) is 2.93. The van der Waals surface area contributed by atoms with Crippen molar-refractivity contribution in [3.8, 4) is 0 Å². The van der Waals surface area contributed by atoms with E-state index in [1.165, 1.54) is 5.56 Å². The Morgan fingerprint density at radius 1 is 1.42 bits per heavy atom. The van der Waals surface area contributed by atoms with Gasteiger partial charge in [0.15, 0.2) is 0 Å². The predicted octanol–water partition coefficient (Wildman–Crippen LogP) is 1.94. The number of pyridine rings is 1. The molecule has 0 aromatic carbocycles. The zero-order valence-electron chi connectivity index (χ0n) is 11.3. The second-order valence-electron chi connectivity index (χ2n) is 4.81. The van der Waals surface area contributed by atoms with Gasteiger partial charge in [-0.25, -0.2) is 4.98 Å². The maximum atomic E-state index is 10.8. The Morgan fingerprint density at radius 2 is 2.21 bits per heavy atom. The standard InChI is InChI=1S/C14H19N3O2/c1-3-6-16(10-14(18)19)8-12-9-17-7-11(2)4-5-13(17)15-12/h4-5,7,9H,3,6,8,10H2,1-2H3,(H,18,19). The van der Waals surface area contributed by atoms with E-state index in [0.29, 0.717) is 6.54 Å². The first kappa shape index (κ1) is 13.5. The quantitative estimate of drug-likeness (QED) is 0.863. The molecule has 2 rings (SSSR count). The molecule has 2 heterocycles. The van der Waals surface area contributed by atoms with Gasteiger partial charge in [-0.3, -0.25) is 9.69 Å². The highest BCUT2D eigenvalue weighted by Crippen LogP contribution is 2.09. The van der Waals surface area contributed by atoms with Gasteiger partial charge >= 0.3 is 5.97 Å². The Labute approximate surface area is 112 Å². The van der Waals surface area contributed by atoms with Crippen molar-refractivity contribution in [1.82, 2.24) is 14.3 Å². The molecule has 0 aliphatic carbocycles. The fourth-order valence-electron chi connectivity index (χ4n) is 2.18. The number of carbonyl (C=O) groups is 1. The van der Waals surface area contributed by atoms with Crippen LogP contribution in [0.15, 0.2) is 24.5 Å². The van der Waals surface area contributed by atoms with Crippen molar-refractivity contribution in [2.45, 2.75) is 26.8 Å². The Bertz CT molecular complexity index is 577. The molecule has 0 unspecified atom stereocenters. The van der Waals surface area contributed by atoms with E-state index in [0.717, 1.165) is 24.3 Å². The minimum absolute atomic E-state index is 0.0563. The highest BCUT2D eigenvalue weighted by Gasteiger charge is 2.11. The number of aliphatic carboxylic acids is 1. The molecular weight excluding hydrogens is 242 g/mol. The Morgan fingerprint density at radius 3 is 2.89 bits per heavy atom. The second kappa shape index (κ2) is 5.84. The molecule has 0 fully saturated rings. The zero-order chi connectivity index (χ0) is 13.8. The maximum Gasteiger partial charge on any atom is 0.317 e. The lowest BCUT2D eigenvalue weighted by atomic mass is 10.3. The van der Waals surface area contributed by atoms with Crippen LogP contribution in [0.5, 0.6) is 0 Å². The largest absolute Gasteiger partial charge is 0.480 e. The van der Waals surface area contributed by atoms with Gasteiger partial charge in [0.2, 0.25) is 0 Å². The average Bonchev–Trinajstić information content (AvgIpc) is 2.69. The van der Waals surface area contributed by atoms with E-state index >= 15 is 0 Å². The van der Waals surface area contributed by atoms with Crippen LogP contribution in [0.1, 0.15) is 24.6 Å². The Kier molecular flexibility index (Phi) is 4.16. The van der Waals surface area contributed by atoms with Crippen molar-refractivity contribution in [3.63, 3.8) is 0 Å². The number of nitrogens with zero attached hydrogens (tertiary/aromatic N) is 3. The van der Waals surface area contributed by atoms with E-state index < -0.39 is 5.97 Å². The monoisotopic (exact) mass is 261 g/mol. The summed E-state index contributed by atoms with van der Waals surface area (Å²) >= 11 is 0. The Hall–Kier alpha value is -1.88. The van der Waals surface area contributed by atoms with E-state index in [2.05, 4.69) is 4.98 Å². The lowest BCUT2D eigenvalue weighted by Gasteiger charge is -2.17. The molecule has 0 amide bonds. The van der Waals surface area contributed by atoms with Gasteiger partial charge in [-0.2, -0.15) is 0 Å². The number of fused-ring (bicyclic) bond motifs is 1. The molecule has 102 valence electrons. The number of hydrogen-bond donors (Lipinski definition) is 1. The lowest BCUT2D eigenvalue weighted by molar-refractivity contribution is -0.138. The summed E-state index contributed by atoms with van der Waals surface area (Å²) in [6, 6.07) is 3.99. The molecule has 0 saturated carbocycles. The van der Waals surface area contributed by atoms with Gasteiger partial charge in [0.1, 0.15) is 5.65 Å². The number of aromatic nitrogens is 2. The van der Waals surface area contributed by atoms with Crippen molar-refractivity contribution < 1.29 is 9.90 Å². The van der Waals surface area contributed by atoms with Crippen LogP contribution in [0.4, 0.5) is 0 Å². The van der Waals surface area contributed by atoms with Crippen LogP contribution in [-0.4, -0.2) is 38.4 Å². The van der Waals surface area contributed by atoms with E-state index in [9.17, 15) is 4.79 Å². The predicted molar refractivity (Wildman–Crippen MR) is 73.1 cm³/mol. The molecule has 0 aliphatic rings. The number of hydrogen-bond acceptors (Lipinski definition) is 3. The van der Waals surface area contributed by atoms with Crippen LogP contribution in [0.25, 0.3) is 5.65 Å². The van der Waals surface area contributed by atoms with E-state index in [-0.39, 0.29) is 6.54 Å². The first-order valence-electron chi connectivity index (χ1n) is 6.47. The molecule has 2 aromatic rings. The fraction of sp³-hybridized carbons (Fsp3) is 0.429. The molecule has 0 aliphatic heterocycles. The number of aryl methyl sites for hydroxylation is 1. The summed E-state index contributed by atoms with van der Waals surface area (Å²) in [5, 5.41) is 8.90. The first-order valence-corrected chi connectivity index (χ1v) is 6.47. The minimum atomic E-state index is -0.798. The molecular formula is C14H19N3O2. The lowest BCUT2D eigenvalue weighted by Crippen LogP contribution is -2.30. The zero-order valence-corrected chi connectivity index (χ0v) is 11.3. The summed E-state index contributed by atoms with van der Waals surface area (Å²) < 4.78 is 1.98. The molecule has 0 atom stereocenters. The van der Waals surface area contributed by atoms with E-state index in [4.69, 9.17) is 5.11 Å². The van der Waals surface area contributed by atoms with E-state index in [1.807, 2.05) is 47.7 Å². The number of imidazole rings is 1. The number of rotatable bonds is 6. The van der Waals surface area contributed by atoms with Crippen LogP contribution >= 0.6 is 0 Å². The van der Waals surface area contributed by atoms with Crippen LogP contribution in [0.3, 0.4) is 0 Å². The molecule has 0 radical (unpaired) electrons.